The number of carbonyl (C=O) groups is 2. The lowest BCUT2D eigenvalue weighted by molar-refractivity contribution is -0.127. The highest BCUT2D eigenvalue weighted by Gasteiger charge is 2.49. The van der Waals surface area contributed by atoms with E-state index in [9.17, 15) is 9.59 Å². The van der Waals surface area contributed by atoms with Crippen LogP contribution in [-0.4, -0.2) is 28.0 Å². The maximum Gasteiger partial charge on any atom is 0.275 e. The SMILES string of the molecule is Cc1ccc(N2C(=O)c3cc4ccccc4n3CC2(C)C(=O)NC2CCCCCC2)c(C)c1. The number of para-hydroxylation sites is 1. The molecule has 5 heteroatoms. The van der Waals surface area contributed by atoms with Crippen LogP contribution in [0.2, 0.25) is 0 Å². The Labute approximate surface area is 195 Å². The fourth-order valence-electron chi connectivity index (χ4n) is 5.64. The standard InChI is InChI=1S/C28H33N3O2/c1-19-14-15-23(20(2)16-19)31-26(32)25-17-21-10-8-9-13-24(21)30(25)18-28(31,3)27(33)29-22-11-6-4-5-7-12-22/h8-10,13-17,22H,4-7,11-12,18H2,1-3H3,(H,29,33). The largest absolute Gasteiger partial charge is 0.351 e. The summed E-state index contributed by atoms with van der Waals surface area (Å²) in [5.74, 6) is -0.186. The Morgan fingerprint density at radius 2 is 1.73 bits per heavy atom. The first-order chi connectivity index (χ1) is 15.9. The average Bonchev–Trinajstić information content (AvgIpc) is 2.96. The van der Waals surface area contributed by atoms with E-state index >= 15 is 0 Å². The number of aromatic nitrogens is 1. The van der Waals surface area contributed by atoms with Gasteiger partial charge in [0.05, 0.1) is 6.54 Å². The van der Waals surface area contributed by atoms with E-state index in [2.05, 4.69) is 11.4 Å². The Hall–Kier alpha value is -3.08. The highest BCUT2D eigenvalue weighted by Crippen LogP contribution is 2.37. The molecule has 1 atom stereocenters. The van der Waals surface area contributed by atoms with Gasteiger partial charge in [0.1, 0.15) is 11.2 Å². The van der Waals surface area contributed by atoms with Crippen LogP contribution in [0.15, 0.2) is 48.5 Å². The molecular formula is C28H33N3O2. The normalized spacial score (nSPS) is 21.7. The zero-order chi connectivity index (χ0) is 23.2. The summed E-state index contributed by atoms with van der Waals surface area (Å²) in [6.45, 7) is 6.41. The fourth-order valence-corrected chi connectivity index (χ4v) is 5.64. The number of fused-ring (bicyclic) bond motifs is 3. The summed E-state index contributed by atoms with van der Waals surface area (Å²) in [7, 11) is 0. The monoisotopic (exact) mass is 443 g/mol. The van der Waals surface area contributed by atoms with Crippen LogP contribution < -0.4 is 10.2 Å². The van der Waals surface area contributed by atoms with Gasteiger partial charge in [0.25, 0.3) is 5.91 Å². The number of anilines is 1. The molecule has 1 aliphatic carbocycles. The third-order valence-electron chi connectivity index (χ3n) is 7.47. The predicted molar refractivity (Wildman–Crippen MR) is 133 cm³/mol. The van der Waals surface area contributed by atoms with Gasteiger partial charge in [0.2, 0.25) is 5.91 Å². The number of aryl methyl sites for hydroxylation is 2. The van der Waals surface area contributed by atoms with Crippen LogP contribution in [0.5, 0.6) is 0 Å². The van der Waals surface area contributed by atoms with Gasteiger partial charge in [-0.1, -0.05) is 61.6 Å². The third kappa shape index (κ3) is 3.73. The van der Waals surface area contributed by atoms with Crippen molar-refractivity contribution in [1.29, 1.82) is 0 Å². The summed E-state index contributed by atoms with van der Waals surface area (Å²) in [5, 5.41) is 4.37. The van der Waals surface area contributed by atoms with Crippen molar-refractivity contribution in [3.05, 3.63) is 65.4 Å². The molecule has 2 amide bonds. The minimum absolute atomic E-state index is 0.0637. The summed E-state index contributed by atoms with van der Waals surface area (Å²) in [5.41, 5.74) is 3.55. The fraction of sp³-hybridized carbons (Fsp3) is 0.429. The molecule has 5 nitrogen and oxygen atoms in total. The van der Waals surface area contributed by atoms with Crippen molar-refractivity contribution < 1.29 is 9.59 Å². The second-order valence-electron chi connectivity index (χ2n) is 10.0. The second-order valence-corrected chi connectivity index (χ2v) is 10.0. The molecule has 1 fully saturated rings. The molecule has 3 aromatic rings. The van der Waals surface area contributed by atoms with E-state index in [0.717, 1.165) is 53.4 Å². The summed E-state index contributed by atoms with van der Waals surface area (Å²) in [4.78, 5) is 29.7. The Morgan fingerprint density at radius 3 is 2.45 bits per heavy atom. The molecule has 1 unspecified atom stereocenters. The van der Waals surface area contributed by atoms with Crippen LogP contribution in [0.4, 0.5) is 5.69 Å². The first kappa shape index (κ1) is 21.7. The van der Waals surface area contributed by atoms with Gasteiger partial charge in [0, 0.05) is 22.6 Å². The van der Waals surface area contributed by atoms with Crippen LogP contribution in [0.3, 0.4) is 0 Å². The molecule has 0 radical (unpaired) electrons. The van der Waals surface area contributed by atoms with E-state index < -0.39 is 5.54 Å². The van der Waals surface area contributed by atoms with Gasteiger partial charge in [-0.15, -0.1) is 0 Å². The number of benzene rings is 2. The van der Waals surface area contributed by atoms with Crippen molar-refractivity contribution in [2.75, 3.05) is 4.90 Å². The molecular weight excluding hydrogens is 410 g/mol. The lowest BCUT2D eigenvalue weighted by Gasteiger charge is -2.45. The van der Waals surface area contributed by atoms with Crippen molar-refractivity contribution in [1.82, 2.24) is 9.88 Å². The van der Waals surface area contributed by atoms with Crippen LogP contribution >= 0.6 is 0 Å². The van der Waals surface area contributed by atoms with E-state index in [1.165, 1.54) is 12.8 Å². The van der Waals surface area contributed by atoms with E-state index in [1.54, 1.807) is 4.90 Å². The molecule has 1 aliphatic heterocycles. The smallest absolute Gasteiger partial charge is 0.275 e. The highest BCUT2D eigenvalue weighted by molar-refractivity contribution is 6.14. The van der Waals surface area contributed by atoms with E-state index in [-0.39, 0.29) is 17.9 Å². The third-order valence-corrected chi connectivity index (χ3v) is 7.47. The number of hydrogen-bond donors (Lipinski definition) is 1. The molecule has 1 N–H and O–H groups in total. The number of nitrogens with zero attached hydrogens (tertiary/aromatic N) is 2. The minimum atomic E-state index is -1.03. The van der Waals surface area contributed by atoms with E-state index in [4.69, 9.17) is 0 Å². The van der Waals surface area contributed by atoms with Crippen molar-refractivity contribution in [3.63, 3.8) is 0 Å². The Morgan fingerprint density at radius 1 is 1.00 bits per heavy atom. The number of nitrogens with one attached hydrogen (secondary N) is 1. The highest BCUT2D eigenvalue weighted by atomic mass is 16.2. The number of rotatable bonds is 3. The van der Waals surface area contributed by atoms with Crippen molar-refractivity contribution in [2.45, 2.75) is 77.4 Å². The molecule has 33 heavy (non-hydrogen) atoms. The van der Waals surface area contributed by atoms with Gasteiger partial charge in [-0.3, -0.25) is 14.5 Å². The molecule has 2 aliphatic rings. The van der Waals surface area contributed by atoms with Crippen LogP contribution in [0.25, 0.3) is 10.9 Å². The average molecular weight is 444 g/mol. The molecule has 0 spiro atoms. The number of amides is 2. The van der Waals surface area contributed by atoms with Gasteiger partial charge in [0.15, 0.2) is 0 Å². The minimum Gasteiger partial charge on any atom is -0.351 e. The van der Waals surface area contributed by atoms with Gasteiger partial charge in [-0.2, -0.15) is 0 Å². The zero-order valence-corrected chi connectivity index (χ0v) is 19.9. The van der Waals surface area contributed by atoms with Gasteiger partial charge < -0.3 is 9.88 Å². The molecule has 2 aromatic carbocycles. The van der Waals surface area contributed by atoms with Crippen molar-refractivity contribution in [3.8, 4) is 0 Å². The molecule has 0 bridgehead atoms. The van der Waals surface area contributed by atoms with Crippen molar-refractivity contribution in [2.24, 2.45) is 0 Å². The summed E-state index contributed by atoms with van der Waals surface area (Å²) >= 11 is 0. The summed E-state index contributed by atoms with van der Waals surface area (Å²) < 4.78 is 2.03. The summed E-state index contributed by atoms with van der Waals surface area (Å²) in [6.07, 6.45) is 6.78. The maximum absolute atomic E-state index is 14.0. The van der Waals surface area contributed by atoms with Crippen LogP contribution in [-0.2, 0) is 11.3 Å². The Bertz CT molecular complexity index is 1220. The van der Waals surface area contributed by atoms with Gasteiger partial charge >= 0.3 is 0 Å². The molecule has 1 saturated carbocycles. The van der Waals surface area contributed by atoms with E-state index in [0.29, 0.717) is 12.2 Å². The molecule has 5 rings (SSSR count). The number of hydrogen-bond acceptors (Lipinski definition) is 2. The van der Waals surface area contributed by atoms with Crippen molar-refractivity contribution >= 4 is 28.4 Å². The van der Waals surface area contributed by atoms with Crippen LogP contribution in [0.1, 0.15) is 67.1 Å². The molecule has 2 heterocycles. The predicted octanol–water partition coefficient (Wildman–Crippen LogP) is 5.52. The van der Waals surface area contributed by atoms with Gasteiger partial charge in [-0.25, -0.2) is 0 Å². The molecule has 172 valence electrons. The topological polar surface area (TPSA) is 54.3 Å². The lowest BCUT2D eigenvalue weighted by Crippen LogP contribution is -2.65. The first-order valence-electron chi connectivity index (χ1n) is 12.2. The first-order valence-corrected chi connectivity index (χ1v) is 12.2. The Kier molecular flexibility index (Phi) is 5.51. The lowest BCUT2D eigenvalue weighted by atomic mass is 9.92. The summed E-state index contributed by atoms with van der Waals surface area (Å²) in [6, 6.07) is 16.2. The van der Waals surface area contributed by atoms with Gasteiger partial charge in [-0.05, 0) is 57.4 Å². The number of carbonyl (C=O) groups excluding carboxylic acids is 2. The van der Waals surface area contributed by atoms with Crippen LogP contribution in [0, 0.1) is 13.8 Å². The zero-order valence-electron chi connectivity index (χ0n) is 19.9. The second kappa shape index (κ2) is 8.36. The maximum atomic E-state index is 14.0. The molecule has 1 aromatic heterocycles. The Balaban J connectivity index is 1.61. The molecule has 0 saturated heterocycles. The quantitative estimate of drug-likeness (QED) is 0.542. The van der Waals surface area contributed by atoms with E-state index in [1.807, 2.05) is 67.8 Å².